The minimum atomic E-state index is 0.276. The normalized spacial score (nSPS) is 12.6. The highest BCUT2D eigenvalue weighted by Crippen LogP contribution is 2.27. The van der Waals surface area contributed by atoms with Crippen LogP contribution < -0.4 is 0 Å². The van der Waals surface area contributed by atoms with Crippen LogP contribution in [0.3, 0.4) is 0 Å². The van der Waals surface area contributed by atoms with Gasteiger partial charge in [0.15, 0.2) is 0 Å². The Hall–Kier alpha value is -1.58. The number of ether oxygens (including phenoxy) is 1. The monoisotopic (exact) mass is 277 g/mol. The molecule has 0 spiro atoms. The Balaban J connectivity index is 3.01. The molecule has 0 radical (unpaired) electrons. The van der Waals surface area contributed by atoms with E-state index >= 15 is 0 Å². The van der Waals surface area contributed by atoms with Crippen molar-refractivity contribution < 1.29 is 4.74 Å². The fraction of sp³-hybridized carbons (Fsp3) is 0.625. The van der Waals surface area contributed by atoms with Crippen molar-refractivity contribution in [2.24, 2.45) is 17.5 Å². The van der Waals surface area contributed by atoms with Gasteiger partial charge in [0, 0.05) is 18.4 Å². The second-order valence-electron chi connectivity index (χ2n) is 6.09. The first-order chi connectivity index (χ1) is 9.29. The molecule has 0 saturated heterocycles. The first-order valence-electron chi connectivity index (χ1n) is 7.10. The Kier molecular flexibility index (Phi) is 5.54. The van der Waals surface area contributed by atoms with E-state index in [0.29, 0.717) is 11.6 Å². The van der Waals surface area contributed by atoms with Crippen LogP contribution in [0.4, 0.5) is 0 Å². The largest absolute Gasteiger partial charge is 0.479 e. The summed E-state index contributed by atoms with van der Waals surface area (Å²) in [6.45, 7) is 12.4. The molecule has 1 aromatic rings. The van der Waals surface area contributed by atoms with E-state index in [1.807, 2.05) is 18.7 Å². The van der Waals surface area contributed by atoms with Gasteiger partial charge in [-0.25, -0.2) is 4.99 Å². The number of aryl methyl sites for hydroxylation is 1. The van der Waals surface area contributed by atoms with Crippen molar-refractivity contribution in [1.82, 2.24) is 9.78 Å². The van der Waals surface area contributed by atoms with E-state index in [4.69, 9.17) is 4.74 Å². The average Bonchev–Trinajstić information content (AvgIpc) is 2.66. The Bertz CT molecular complexity index is 498. The molecular weight excluding hydrogens is 250 g/mol. The Morgan fingerprint density at radius 2 is 2.15 bits per heavy atom. The third-order valence-electron chi connectivity index (χ3n) is 3.27. The van der Waals surface area contributed by atoms with Crippen molar-refractivity contribution in [2.45, 2.75) is 47.0 Å². The molecule has 0 aliphatic rings. The second-order valence-corrected chi connectivity index (χ2v) is 6.09. The summed E-state index contributed by atoms with van der Waals surface area (Å²) in [6.07, 6.45) is 3.39. The zero-order valence-electron chi connectivity index (χ0n) is 13.7. The highest BCUT2D eigenvalue weighted by atomic mass is 16.5. The molecule has 0 N–H and O–H groups in total. The maximum Gasteiger partial charge on any atom is 0.241 e. The van der Waals surface area contributed by atoms with Crippen molar-refractivity contribution in [1.29, 1.82) is 0 Å². The molecule has 0 bridgehead atoms. The zero-order chi connectivity index (χ0) is 15.3. The first-order valence-corrected chi connectivity index (χ1v) is 7.10. The van der Waals surface area contributed by atoms with Gasteiger partial charge in [0.25, 0.3) is 0 Å². The van der Waals surface area contributed by atoms with Gasteiger partial charge in [-0.15, -0.1) is 0 Å². The van der Waals surface area contributed by atoms with E-state index in [0.717, 1.165) is 12.1 Å². The maximum atomic E-state index is 5.31. The molecule has 4 nitrogen and oxygen atoms in total. The second kappa shape index (κ2) is 6.73. The molecule has 0 saturated carbocycles. The summed E-state index contributed by atoms with van der Waals surface area (Å²) in [7, 11) is 3.58. The molecule has 0 atom stereocenters. The van der Waals surface area contributed by atoms with E-state index in [1.54, 1.807) is 7.11 Å². The maximum absolute atomic E-state index is 5.31. The SMILES string of the molecule is C=C(C)N=C(OC)c1cc(CC(C)(C)CCC)n(C)n1. The van der Waals surface area contributed by atoms with Gasteiger partial charge in [-0.2, -0.15) is 5.10 Å². The lowest BCUT2D eigenvalue weighted by molar-refractivity contribution is 0.321. The number of hydrogen-bond acceptors (Lipinski definition) is 3. The quantitative estimate of drug-likeness (QED) is 0.587. The van der Waals surface area contributed by atoms with Gasteiger partial charge in [0.05, 0.1) is 7.11 Å². The summed E-state index contributed by atoms with van der Waals surface area (Å²) in [5, 5.41) is 4.50. The van der Waals surface area contributed by atoms with Gasteiger partial charge in [0.1, 0.15) is 5.69 Å². The minimum absolute atomic E-state index is 0.276. The predicted molar refractivity (Wildman–Crippen MR) is 84.0 cm³/mol. The number of hydrogen-bond donors (Lipinski definition) is 0. The molecular formula is C16H27N3O. The standard InChI is InChI=1S/C16H27N3O/c1-8-9-16(4,5)11-13-10-14(18-19(13)6)15(20-7)17-12(2)3/h10H,2,8-9,11H2,1,3-7H3. The summed E-state index contributed by atoms with van der Waals surface area (Å²) in [5.41, 5.74) is 2.95. The van der Waals surface area contributed by atoms with Crippen molar-refractivity contribution in [3.8, 4) is 0 Å². The third kappa shape index (κ3) is 4.51. The minimum Gasteiger partial charge on any atom is -0.479 e. The van der Waals surface area contributed by atoms with Crippen LogP contribution in [0.2, 0.25) is 0 Å². The molecule has 0 amide bonds. The molecule has 1 aromatic heterocycles. The van der Waals surface area contributed by atoms with Crippen LogP contribution in [-0.2, 0) is 18.2 Å². The van der Waals surface area contributed by atoms with E-state index in [-0.39, 0.29) is 5.41 Å². The fourth-order valence-corrected chi connectivity index (χ4v) is 2.41. The Morgan fingerprint density at radius 3 is 2.65 bits per heavy atom. The highest BCUT2D eigenvalue weighted by Gasteiger charge is 2.21. The van der Waals surface area contributed by atoms with Crippen LogP contribution in [-0.4, -0.2) is 22.8 Å². The molecule has 0 unspecified atom stereocenters. The lowest BCUT2D eigenvalue weighted by Crippen LogP contribution is -2.16. The molecule has 112 valence electrons. The summed E-state index contributed by atoms with van der Waals surface area (Å²) >= 11 is 0. The van der Waals surface area contributed by atoms with Crippen molar-refractivity contribution in [3.63, 3.8) is 0 Å². The van der Waals surface area contributed by atoms with Gasteiger partial charge in [-0.05, 0) is 31.2 Å². The average molecular weight is 277 g/mol. The zero-order valence-corrected chi connectivity index (χ0v) is 13.7. The molecule has 20 heavy (non-hydrogen) atoms. The number of methoxy groups -OCH3 is 1. The van der Waals surface area contributed by atoms with E-state index in [2.05, 4.69) is 43.5 Å². The first kappa shape index (κ1) is 16.5. The summed E-state index contributed by atoms with van der Waals surface area (Å²) in [6, 6.07) is 2.06. The van der Waals surface area contributed by atoms with Gasteiger partial charge in [-0.1, -0.05) is 33.8 Å². The smallest absolute Gasteiger partial charge is 0.241 e. The van der Waals surface area contributed by atoms with Crippen LogP contribution in [0.5, 0.6) is 0 Å². The Labute approximate surface area is 122 Å². The molecule has 0 fully saturated rings. The van der Waals surface area contributed by atoms with E-state index < -0.39 is 0 Å². The summed E-state index contributed by atoms with van der Waals surface area (Å²) in [4.78, 5) is 4.28. The van der Waals surface area contributed by atoms with Crippen LogP contribution in [0.1, 0.15) is 51.9 Å². The number of aromatic nitrogens is 2. The van der Waals surface area contributed by atoms with Crippen LogP contribution in [0.25, 0.3) is 0 Å². The number of aliphatic imine (C=N–C) groups is 1. The molecule has 4 heteroatoms. The van der Waals surface area contributed by atoms with Crippen molar-refractivity contribution in [2.75, 3.05) is 7.11 Å². The lowest BCUT2D eigenvalue weighted by Gasteiger charge is -2.23. The summed E-state index contributed by atoms with van der Waals surface area (Å²) < 4.78 is 7.22. The van der Waals surface area contributed by atoms with Gasteiger partial charge < -0.3 is 4.74 Å². The predicted octanol–water partition coefficient (Wildman–Crippen LogP) is 3.72. The van der Waals surface area contributed by atoms with Gasteiger partial charge in [0.2, 0.25) is 5.90 Å². The van der Waals surface area contributed by atoms with Crippen molar-refractivity contribution >= 4 is 5.90 Å². The number of allylic oxidation sites excluding steroid dienone is 1. The van der Waals surface area contributed by atoms with E-state index in [9.17, 15) is 0 Å². The molecule has 1 heterocycles. The lowest BCUT2D eigenvalue weighted by atomic mass is 9.83. The van der Waals surface area contributed by atoms with Gasteiger partial charge in [-0.3, -0.25) is 4.68 Å². The third-order valence-corrected chi connectivity index (χ3v) is 3.27. The topological polar surface area (TPSA) is 39.4 Å². The van der Waals surface area contributed by atoms with Gasteiger partial charge >= 0.3 is 0 Å². The fourth-order valence-electron chi connectivity index (χ4n) is 2.41. The van der Waals surface area contributed by atoms with Crippen LogP contribution in [0.15, 0.2) is 23.3 Å². The summed E-state index contributed by atoms with van der Waals surface area (Å²) in [5.74, 6) is 0.521. The number of nitrogens with zero attached hydrogens (tertiary/aromatic N) is 3. The number of rotatable bonds is 6. The Morgan fingerprint density at radius 1 is 1.50 bits per heavy atom. The molecule has 1 rings (SSSR count). The van der Waals surface area contributed by atoms with Crippen LogP contribution in [0, 0.1) is 5.41 Å². The highest BCUT2D eigenvalue weighted by molar-refractivity contribution is 5.92. The molecule has 0 aromatic carbocycles. The van der Waals surface area contributed by atoms with Crippen molar-refractivity contribution in [3.05, 3.63) is 29.7 Å². The van der Waals surface area contributed by atoms with E-state index in [1.165, 1.54) is 18.5 Å². The molecule has 0 aliphatic carbocycles. The van der Waals surface area contributed by atoms with Crippen LogP contribution >= 0.6 is 0 Å². The molecule has 0 aliphatic heterocycles.